The van der Waals surface area contributed by atoms with Crippen LogP contribution in [-0.2, 0) is 61.8 Å². The largest absolute Gasteiger partial charge is 0.477 e. The van der Waals surface area contributed by atoms with E-state index in [1.165, 1.54) is 0 Å². The Labute approximate surface area is 407 Å². The van der Waals surface area contributed by atoms with Gasteiger partial charge in [-0.25, -0.2) is 4.79 Å². The topological polar surface area (TPSA) is 537 Å². The fourth-order valence-electron chi connectivity index (χ4n) is 8.78. The number of aliphatic carboxylic acids is 1. The van der Waals surface area contributed by atoms with Crippen LogP contribution in [0.15, 0.2) is 0 Å². The molecule has 21 N–H and O–H groups in total. The number of ether oxygens (including phenoxy) is 9. The first-order valence-corrected chi connectivity index (χ1v) is 22.5. The molecule has 33 heteroatoms. The quantitative estimate of drug-likeness (QED) is 0.0538. The molecule has 0 bridgehead atoms. The van der Waals surface area contributed by atoms with Crippen molar-refractivity contribution in [3.05, 3.63) is 0 Å². The molecule has 0 aliphatic carbocycles. The number of nitrogens with two attached hydrogens (primary N) is 1. The smallest absolute Gasteiger partial charge is 0.364 e. The van der Waals surface area contributed by atoms with Crippen molar-refractivity contribution in [2.24, 2.45) is 5.73 Å². The van der Waals surface area contributed by atoms with Crippen LogP contribution in [0.25, 0.3) is 0 Å². The molecule has 5 rings (SSSR count). The van der Waals surface area contributed by atoms with Crippen LogP contribution in [0.1, 0.15) is 20.3 Å². The molecule has 0 saturated carbocycles. The van der Waals surface area contributed by atoms with Crippen molar-refractivity contribution in [3.8, 4) is 0 Å². The van der Waals surface area contributed by atoms with E-state index in [0.717, 1.165) is 13.8 Å². The maximum Gasteiger partial charge on any atom is 0.364 e. The van der Waals surface area contributed by atoms with Crippen molar-refractivity contribution in [2.75, 3.05) is 39.6 Å². The summed E-state index contributed by atoms with van der Waals surface area (Å²) in [4.78, 5) is 49.0. The average Bonchev–Trinajstić information content (AvgIpc) is 3.34. The minimum Gasteiger partial charge on any atom is -0.477 e. The lowest BCUT2D eigenvalue weighted by atomic mass is 9.88. The molecule has 5 fully saturated rings. The molecule has 33 nitrogen and oxygen atoms in total. The predicted octanol–water partition coefficient (Wildman–Crippen LogP) is -13.3. The van der Waals surface area contributed by atoms with Gasteiger partial charge in [-0.1, -0.05) is 0 Å². The van der Waals surface area contributed by atoms with E-state index in [1.807, 2.05) is 0 Å². The molecule has 26 atom stereocenters. The molecule has 0 aromatic carbocycles. The van der Waals surface area contributed by atoms with Gasteiger partial charge in [-0.15, -0.1) is 0 Å². The third-order valence-corrected chi connectivity index (χ3v) is 12.6. The van der Waals surface area contributed by atoms with Gasteiger partial charge in [0.15, 0.2) is 25.1 Å². The van der Waals surface area contributed by atoms with Gasteiger partial charge in [0.2, 0.25) is 17.7 Å². The number of carbonyl (C=O) groups excluding carboxylic acids is 3. The second kappa shape index (κ2) is 25.6. The SMILES string of the molecule is CC(=O)NC1[C@H](O[C@@H]2C(O)[C@H](O[C@@H]3C(CO)O[C@@H](NC(=O)CN)C(O)[C@H]3O)OC(CO)[C@@H]2O)OC(CO)[C@@H](O[C@@H]2OC(CO[C@]3(C(=O)O)CC(O)[C@@H](NC(C)=O)C([C@H](O)[C@H](O)CO)O3)[C@H](O)[C@H](O)C2O)[C@@H]1O. The standard InChI is InChI=1S/C39H66N4O29/c1-10(48)41-19-12(50)3-39(38(62)63,72-32(19)21(53)13(51)5-44)64-9-17-22(54)25(57)28(60)36(68-17)69-30-16(8-47)67-35(20(24(30)56)42-11(2)49)71-33-23(55)14(6-45)66-37(29(33)61)70-31-15(7-46)65-34(27(59)26(31)58)43-18(52)4-40/h12-17,19-37,44-47,50-51,53-61H,3-9,40H2,1-2H3,(H,41,48)(H,42,49)(H,43,52)(H,62,63)/t12?,13-,14?,15?,16?,17?,19-,20?,21-,22+,23+,24-,25+,26-,27?,28?,29?,30-,31-,32?,33+,34-,35+,36+,37+,39-/m1/s1. The molecule has 416 valence electrons. The zero-order valence-electron chi connectivity index (χ0n) is 38.4. The molecule has 0 spiro atoms. The lowest BCUT2D eigenvalue weighted by Crippen LogP contribution is -2.70. The molecule has 0 aromatic rings. The molecule has 10 unspecified atom stereocenters. The monoisotopic (exact) mass is 1050 g/mol. The van der Waals surface area contributed by atoms with Gasteiger partial charge >= 0.3 is 5.97 Å². The maximum atomic E-state index is 12.7. The van der Waals surface area contributed by atoms with Gasteiger partial charge in [-0.3, -0.25) is 14.4 Å². The Morgan fingerprint density at radius 1 is 0.611 bits per heavy atom. The number of nitrogens with one attached hydrogen (secondary N) is 3. The van der Waals surface area contributed by atoms with Crippen molar-refractivity contribution >= 4 is 23.7 Å². The van der Waals surface area contributed by atoms with E-state index in [0.29, 0.717) is 0 Å². The number of hydrogen-bond acceptors (Lipinski definition) is 29. The fraction of sp³-hybridized carbons (Fsp3) is 0.897. The summed E-state index contributed by atoms with van der Waals surface area (Å²) >= 11 is 0. The summed E-state index contributed by atoms with van der Waals surface area (Å²) in [7, 11) is 0. The predicted molar refractivity (Wildman–Crippen MR) is 222 cm³/mol. The van der Waals surface area contributed by atoms with Crippen LogP contribution in [0.5, 0.6) is 0 Å². The summed E-state index contributed by atoms with van der Waals surface area (Å²) in [6, 6.07) is -3.39. The van der Waals surface area contributed by atoms with Gasteiger partial charge < -0.3 is 146 Å². The zero-order valence-corrected chi connectivity index (χ0v) is 38.4. The van der Waals surface area contributed by atoms with Crippen LogP contribution in [-0.4, -0.2) is 304 Å². The van der Waals surface area contributed by atoms with E-state index in [-0.39, 0.29) is 0 Å². The summed E-state index contributed by atoms with van der Waals surface area (Å²) < 4.78 is 51.0. The van der Waals surface area contributed by atoms with Crippen LogP contribution in [0.4, 0.5) is 0 Å². The Kier molecular flexibility index (Phi) is 21.3. The lowest BCUT2D eigenvalue weighted by molar-refractivity contribution is -0.378. The van der Waals surface area contributed by atoms with Gasteiger partial charge in [-0.05, 0) is 0 Å². The van der Waals surface area contributed by atoms with Crippen LogP contribution < -0.4 is 21.7 Å². The highest BCUT2D eigenvalue weighted by Gasteiger charge is 2.59. The maximum absolute atomic E-state index is 12.7. The van der Waals surface area contributed by atoms with E-state index in [4.69, 9.17) is 48.4 Å². The highest BCUT2D eigenvalue weighted by molar-refractivity contribution is 5.78. The summed E-state index contributed by atoms with van der Waals surface area (Å²) in [5, 5.41) is 178. The van der Waals surface area contributed by atoms with Gasteiger partial charge in [0.05, 0.1) is 51.7 Å². The normalized spacial score (nSPS) is 44.6. The second-order valence-electron chi connectivity index (χ2n) is 17.7. The van der Waals surface area contributed by atoms with Gasteiger partial charge in [0, 0.05) is 20.3 Å². The van der Waals surface area contributed by atoms with Gasteiger partial charge in [-0.2, -0.15) is 0 Å². The average molecular weight is 1050 g/mol. The van der Waals surface area contributed by atoms with E-state index in [9.17, 15) is 101 Å². The summed E-state index contributed by atoms with van der Waals surface area (Å²) in [5.41, 5.74) is 5.29. The number of carboxylic acids is 1. The number of aliphatic hydroxyl groups is 15. The Morgan fingerprint density at radius 3 is 1.69 bits per heavy atom. The molecule has 0 radical (unpaired) electrons. The van der Waals surface area contributed by atoms with E-state index >= 15 is 0 Å². The van der Waals surface area contributed by atoms with Crippen molar-refractivity contribution in [1.29, 1.82) is 0 Å². The molecular formula is C39H66N4O29. The van der Waals surface area contributed by atoms with Crippen LogP contribution in [0, 0.1) is 0 Å². The number of hydrogen-bond donors (Lipinski definition) is 20. The number of carboxylic acid groups (broad SMARTS) is 1. The van der Waals surface area contributed by atoms with Gasteiger partial charge in [0.1, 0.15) is 116 Å². The van der Waals surface area contributed by atoms with Crippen LogP contribution in [0.2, 0.25) is 0 Å². The summed E-state index contributed by atoms with van der Waals surface area (Å²) in [5.74, 6) is -7.39. The first-order chi connectivity index (χ1) is 33.9. The van der Waals surface area contributed by atoms with Crippen LogP contribution >= 0.6 is 0 Å². The molecule has 5 saturated heterocycles. The molecule has 3 amide bonds. The second-order valence-corrected chi connectivity index (χ2v) is 17.7. The third-order valence-electron chi connectivity index (χ3n) is 12.6. The van der Waals surface area contributed by atoms with Crippen molar-refractivity contribution in [2.45, 2.75) is 179 Å². The minimum absolute atomic E-state index is 0.535. The molecule has 5 aliphatic heterocycles. The zero-order chi connectivity index (χ0) is 53.7. The number of amides is 3. The van der Waals surface area contributed by atoms with Gasteiger partial charge in [0.25, 0.3) is 5.79 Å². The number of carbonyl (C=O) groups is 4. The lowest BCUT2D eigenvalue weighted by Gasteiger charge is -2.50. The van der Waals surface area contributed by atoms with Crippen molar-refractivity contribution in [3.63, 3.8) is 0 Å². The molecule has 0 aromatic heterocycles. The molecule has 72 heavy (non-hydrogen) atoms. The van der Waals surface area contributed by atoms with E-state index in [2.05, 4.69) is 16.0 Å². The Hall–Kier alpha value is -3.12. The summed E-state index contributed by atoms with van der Waals surface area (Å²) in [6.45, 7) is -3.72. The van der Waals surface area contributed by atoms with E-state index < -0.39 is 229 Å². The molecule has 5 heterocycles. The highest BCUT2D eigenvalue weighted by atomic mass is 16.8. The Bertz CT molecular complexity index is 1800. The molecular weight excluding hydrogens is 988 g/mol. The first kappa shape index (κ1) is 59.8. The minimum atomic E-state index is -2.97. The number of aliphatic hydroxyl groups excluding tert-OH is 15. The first-order valence-electron chi connectivity index (χ1n) is 22.5. The summed E-state index contributed by atoms with van der Waals surface area (Å²) in [6.07, 6.45) is -46.0. The highest BCUT2D eigenvalue weighted by Crippen LogP contribution is 2.37. The van der Waals surface area contributed by atoms with Crippen molar-refractivity contribution in [1.82, 2.24) is 16.0 Å². The van der Waals surface area contributed by atoms with Crippen LogP contribution in [0.3, 0.4) is 0 Å². The number of rotatable bonds is 20. The van der Waals surface area contributed by atoms with E-state index in [1.54, 1.807) is 0 Å². The molecule has 5 aliphatic rings. The Morgan fingerprint density at radius 2 is 1.14 bits per heavy atom. The third kappa shape index (κ3) is 13.1. The van der Waals surface area contributed by atoms with Crippen molar-refractivity contribution < 1.29 is 144 Å². The Balaban J connectivity index is 1.34. The fourth-order valence-corrected chi connectivity index (χ4v) is 8.78.